The van der Waals surface area contributed by atoms with E-state index >= 15 is 0 Å². The van der Waals surface area contributed by atoms with Gasteiger partial charge in [-0.1, -0.05) is 29.3 Å². The fourth-order valence-corrected chi connectivity index (χ4v) is 1.71. The summed E-state index contributed by atoms with van der Waals surface area (Å²) >= 11 is 11.7. The number of anilines is 1. The van der Waals surface area contributed by atoms with Gasteiger partial charge in [0.25, 0.3) is 0 Å². The molecule has 3 N–H and O–H groups in total. The fraction of sp³-hybridized carbons (Fsp3) is 0. The number of H-pyrrole nitrogens is 1. The van der Waals surface area contributed by atoms with Gasteiger partial charge in [0, 0.05) is 6.07 Å². The van der Waals surface area contributed by atoms with Crippen molar-refractivity contribution in [2.75, 3.05) is 5.73 Å². The third-order valence-corrected chi connectivity index (χ3v) is 2.86. The molecule has 0 fully saturated rings. The van der Waals surface area contributed by atoms with E-state index in [1.165, 1.54) is 6.07 Å². The van der Waals surface area contributed by atoms with Crippen LogP contribution in [0.4, 0.5) is 5.82 Å². The Balaban J connectivity index is 2.58. The molecule has 0 bridgehead atoms. The molecule has 1 heterocycles. The second-order valence-corrected chi connectivity index (χ2v) is 4.13. The monoisotopic (exact) mass is 254 g/mol. The summed E-state index contributed by atoms with van der Waals surface area (Å²) < 4.78 is 0. The van der Waals surface area contributed by atoms with Gasteiger partial charge in [-0.15, -0.1) is 0 Å². The molecule has 2 aromatic rings. The van der Waals surface area contributed by atoms with Gasteiger partial charge in [0.2, 0.25) is 5.56 Å². The van der Waals surface area contributed by atoms with E-state index in [1.54, 1.807) is 24.3 Å². The molecule has 16 heavy (non-hydrogen) atoms. The van der Waals surface area contributed by atoms with Crippen molar-refractivity contribution in [1.29, 1.82) is 0 Å². The summed E-state index contributed by atoms with van der Waals surface area (Å²) in [5.41, 5.74) is 6.81. The second-order valence-electron chi connectivity index (χ2n) is 3.32. The van der Waals surface area contributed by atoms with Gasteiger partial charge in [0.05, 0.1) is 10.0 Å². The van der Waals surface area contributed by atoms with E-state index in [-0.39, 0.29) is 5.56 Å². The molecule has 0 aliphatic carbocycles. The molecule has 2 rings (SSSR count). The lowest BCUT2D eigenvalue weighted by Gasteiger charge is -2.04. The maximum atomic E-state index is 11.2. The molecule has 5 heteroatoms. The van der Waals surface area contributed by atoms with E-state index in [2.05, 4.69) is 4.98 Å². The van der Waals surface area contributed by atoms with Crippen molar-refractivity contribution < 1.29 is 0 Å². The maximum Gasteiger partial charge on any atom is 0.250 e. The minimum atomic E-state index is -0.249. The zero-order chi connectivity index (χ0) is 11.7. The fourth-order valence-electron chi connectivity index (χ4n) is 1.41. The average Bonchev–Trinajstić information content (AvgIpc) is 2.20. The number of hydrogen-bond donors (Lipinski definition) is 2. The first kappa shape index (κ1) is 11.0. The Kier molecular flexibility index (Phi) is 2.90. The Morgan fingerprint density at radius 2 is 1.75 bits per heavy atom. The van der Waals surface area contributed by atoms with Crippen LogP contribution >= 0.6 is 23.2 Å². The van der Waals surface area contributed by atoms with Crippen LogP contribution in [0, 0.1) is 0 Å². The van der Waals surface area contributed by atoms with Crippen molar-refractivity contribution in [3.05, 3.63) is 50.7 Å². The van der Waals surface area contributed by atoms with Crippen molar-refractivity contribution in [2.24, 2.45) is 0 Å². The summed E-state index contributed by atoms with van der Waals surface area (Å²) in [6.07, 6.45) is 0. The van der Waals surface area contributed by atoms with Crippen LogP contribution in [0.25, 0.3) is 11.1 Å². The largest absolute Gasteiger partial charge is 0.385 e. The number of benzene rings is 1. The summed E-state index contributed by atoms with van der Waals surface area (Å²) in [4.78, 5) is 13.7. The standard InChI is InChI=1S/C11H8Cl2N2O/c12-8-2-1-6(3-9(8)13)7-4-10(14)15-11(16)5-7/h1-5H,(H3,14,15,16). The third-order valence-electron chi connectivity index (χ3n) is 2.12. The van der Waals surface area contributed by atoms with Gasteiger partial charge >= 0.3 is 0 Å². The first-order chi connectivity index (χ1) is 7.56. The Morgan fingerprint density at radius 3 is 2.38 bits per heavy atom. The van der Waals surface area contributed by atoms with Crippen LogP contribution in [0.15, 0.2) is 35.1 Å². The number of nitrogen functional groups attached to an aromatic ring is 1. The van der Waals surface area contributed by atoms with Gasteiger partial charge in [-0.2, -0.15) is 0 Å². The van der Waals surface area contributed by atoms with Gasteiger partial charge in [0.15, 0.2) is 0 Å². The number of halogens is 2. The SMILES string of the molecule is Nc1cc(-c2ccc(Cl)c(Cl)c2)cc(=O)[nH]1. The van der Waals surface area contributed by atoms with Gasteiger partial charge in [-0.25, -0.2) is 0 Å². The number of hydrogen-bond acceptors (Lipinski definition) is 2. The molecule has 82 valence electrons. The summed E-state index contributed by atoms with van der Waals surface area (Å²) in [5.74, 6) is 0.313. The molecule has 0 saturated heterocycles. The number of aromatic nitrogens is 1. The number of rotatable bonds is 1. The Hall–Kier alpha value is -1.45. The molecule has 0 amide bonds. The Labute approximate surface area is 102 Å². The molecule has 0 aliphatic rings. The molecular weight excluding hydrogens is 247 g/mol. The lowest BCUT2D eigenvalue weighted by atomic mass is 10.1. The van der Waals surface area contributed by atoms with E-state index in [4.69, 9.17) is 28.9 Å². The van der Waals surface area contributed by atoms with Gasteiger partial charge < -0.3 is 10.7 Å². The first-order valence-corrected chi connectivity index (χ1v) is 5.27. The molecule has 3 nitrogen and oxygen atoms in total. The van der Waals surface area contributed by atoms with Crippen LogP contribution < -0.4 is 11.3 Å². The molecule has 0 atom stereocenters. The minimum Gasteiger partial charge on any atom is -0.385 e. The zero-order valence-electron chi connectivity index (χ0n) is 8.13. The molecule has 0 radical (unpaired) electrons. The molecule has 0 saturated carbocycles. The van der Waals surface area contributed by atoms with Crippen molar-refractivity contribution in [2.45, 2.75) is 0 Å². The van der Waals surface area contributed by atoms with Gasteiger partial charge in [-0.05, 0) is 29.3 Å². The highest BCUT2D eigenvalue weighted by Gasteiger charge is 2.03. The second kappa shape index (κ2) is 4.20. The number of aromatic amines is 1. The zero-order valence-corrected chi connectivity index (χ0v) is 9.64. The molecule has 0 aliphatic heterocycles. The third kappa shape index (κ3) is 2.21. The average molecular weight is 255 g/mol. The van der Waals surface area contributed by atoms with Crippen LogP contribution in [0.1, 0.15) is 0 Å². The lowest BCUT2D eigenvalue weighted by molar-refractivity contribution is 1.25. The highest BCUT2D eigenvalue weighted by molar-refractivity contribution is 6.42. The molecule has 1 aromatic heterocycles. The van der Waals surface area contributed by atoms with Gasteiger partial charge in [0.1, 0.15) is 5.82 Å². The molecule has 1 aromatic carbocycles. The summed E-state index contributed by atoms with van der Waals surface area (Å²) in [6, 6.07) is 8.27. The Bertz CT molecular complexity index is 593. The van der Waals surface area contributed by atoms with Crippen molar-refractivity contribution in [1.82, 2.24) is 4.98 Å². The first-order valence-electron chi connectivity index (χ1n) is 4.51. The van der Waals surface area contributed by atoms with E-state index in [1.807, 2.05) is 0 Å². The predicted molar refractivity (Wildman–Crippen MR) is 66.9 cm³/mol. The van der Waals surface area contributed by atoms with E-state index in [0.717, 1.165) is 5.56 Å². The molecule has 0 spiro atoms. The van der Waals surface area contributed by atoms with E-state index < -0.39 is 0 Å². The van der Waals surface area contributed by atoms with Crippen LogP contribution in [-0.4, -0.2) is 4.98 Å². The van der Waals surface area contributed by atoms with Crippen LogP contribution in [0.2, 0.25) is 10.0 Å². The summed E-state index contributed by atoms with van der Waals surface area (Å²) in [6.45, 7) is 0. The van der Waals surface area contributed by atoms with Crippen LogP contribution in [0.5, 0.6) is 0 Å². The van der Waals surface area contributed by atoms with Crippen LogP contribution in [0.3, 0.4) is 0 Å². The number of pyridine rings is 1. The number of nitrogens with two attached hydrogens (primary N) is 1. The smallest absolute Gasteiger partial charge is 0.250 e. The predicted octanol–water partition coefficient (Wildman–Crippen LogP) is 2.93. The van der Waals surface area contributed by atoms with Crippen molar-refractivity contribution in [3.8, 4) is 11.1 Å². The maximum absolute atomic E-state index is 11.2. The Morgan fingerprint density at radius 1 is 1.00 bits per heavy atom. The molecular formula is C11H8Cl2N2O. The number of nitrogens with one attached hydrogen (secondary N) is 1. The lowest BCUT2D eigenvalue weighted by Crippen LogP contribution is -2.07. The van der Waals surface area contributed by atoms with Gasteiger partial charge in [-0.3, -0.25) is 4.79 Å². The quantitative estimate of drug-likeness (QED) is 0.822. The highest BCUT2D eigenvalue weighted by atomic mass is 35.5. The van der Waals surface area contributed by atoms with Crippen molar-refractivity contribution >= 4 is 29.0 Å². The van der Waals surface area contributed by atoms with E-state index in [0.29, 0.717) is 21.4 Å². The van der Waals surface area contributed by atoms with Crippen molar-refractivity contribution in [3.63, 3.8) is 0 Å². The highest BCUT2D eigenvalue weighted by Crippen LogP contribution is 2.28. The molecule has 0 unspecified atom stereocenters. The topological polar surface area (TPSA) is 58.9 Å². The minimum absolute atomic E-state index is 0.249. The normalized spacial score (nSPS) is 10.4. The summed E-state index contributed by atoms with van der Waals surface area (Å²) in [7, 11) is 0. The van der Waals surface area contributed by atoms with E-state index in [9.17, 15) is 4.79 Å². The van der Waals surface area contributed by atoms with Crippen LogP contribution in [-0.2, 0) is 0 Å². The summed E-state index contributed by atoms with van der Waals surface area (Å²) in [5, 5.41) is 0.918.